The Balaban J connectivity index is 1.74. The van der Waals surface area contributed by atoms with E-state index in [0.717, 1.165) is 24.5 Å². The van der Waals surface area contributed by atoms with Gasteiger partial charge in [-0.15, -0.1) is 0 Å². The van der Waals surface area contributed by atoms with Crippen molar-refractivity contribution >= 4 is 23.4 Å². The fraction of sp³-hybridized carbons (Fsp3) is 0.316. The number of esters is 1. The number of halogens is 1. The number of ether oxygens (including phenoxy) is 1. The van der Waals surface area contributed by atoms with Crippen molar-refractivity contribution in [3.8, 4) is 6.07 Å². The van der Waals surface area contributed by atoms with Gasteiger partial charge in [0.25, 0.3) is 0 Å². The van der Waals surface area contributed by atoms with Gasteiger partial charge >= 0.3 is 5.97 Å². The second-order valence-electron chi connectivity index (χ2n) is 5.99. The predicted molar refractivity (Wildman–Crippen MR) is 98.9 cm³/mol. The Labute approximate surface area is 157 Å². The van der Waals surface area contributed by atoms with Crippen LogP contribution in [0.15, 0.2) is 42.6 Å². The lowest BCUT2D eigenvalue weighted by Gasteiger charge is -2.38. The summed E-state index contributed by atoms with van der Waals surface area (Å²) in [5.41, 5.74) is 1.29. The van der Waals surface area contributed by atoms with Crippen molar-refractivity contribution in [1.82, 2.24) is 9.88 Å². The maximum absolute atomic E-state index is 12.4. The summed E-state index contributed by atoms with van der Waals surface area (Å²) in [6, 6.07) is 12.5. The molecule has 0 N–H and O–H groups in total. The molecule has 1 fully saturated rings. The Morgan fingerprint density at radius 2 is 1.96 bits per heavy atom. The second kappa shape index (κ2) is 8.17. The minimum atomic E-state index is -0.523. The molecule has 7 heteroatoms. The lowest BCUT2D eigenvalue weighted by Crippen LogP contribution is -2.49. The van der Waals surface area contributed by atoms with E-state index < -0.39 is 6.04 Å². The number of methoxy groups -OCH3 is 1. The van der Waals surface area contributed by atoms with Gasteiger partial charge in [-0.3, -0.25) is 4.90 Å². The molecule has 0 aliphatic carbocycles. The molecule has 1 aromatic heterocycles. The van der Waals surface area contributed by atoms with Gasteiger partial charge in [-0.25, -0.2) is 9.78 Å². The fourth-order valence-electron chi connectivity index (χ4n) is 3.13. The molecule has 0 amide bonds. The third-order valence-corrected chi connectivity index (χ3v) is 4.85. The first-order valence-electron chi connectivity index (χ1n) is 8.31. The number of pyridine rings is 1. The van der Waals surface area contributed by atoms with Crippen molar-refractivity contribution < 1.29 is 9.53 Å². The number of carbonyl (C=O) groups is 1. The topological polar surface area (TPSA) is 69.5 Å². The molecular weight excluding hydrogens is 352 g/mol. The van der Waals surface area contributed by atoms with Crippen molar-refractivity contribution in [2.45, 2.75) is 6.04 Å². The number of anilines is 1. The largest absolute Gasteiger partial charge is 0.468 e. The second-order valence-corrected chi connectivity index (χ2v) is 6.39. The fourth-order valence-corrected chi connectivity index (χ4v) is 3.37. The van der Waals surface area contributed by atoms with Crippen LogP contribution in [0.5, 0.6) is 0 Å². The number of hydrogen-bond donors (Lipinski definition) is 0. The highest BCUT2D eigenvalue weighted by atomic mass is 35.5. The molecule has 1 aliphatic rings. The molecule has 0 radical (unpaired) electrons. The zero-order valence-electron chi connectivity index (χ0n) is 14.4. The number of benzene rings is 1. The summed E-state index contributed by atoms with van der Waals surface area (Å²) in [5.74, 6) is 0.513. The van der Waals surface area contributed by atoms with Crippen LogP contribution in [0.2, 0.25) is 5.02 Å². The highest BCUT2D eigenvalue weighted by Crippen LogP contribution is 2.30. The quantitative estimate of drug-likeness (QED) is 0.770. The minimum absolute atomic E-state index is 0.317. The van der Waals surface area contributed by atoms with Gasteiger partial charge in [-0.1, -0.05) is 29.8 Å². The summed E-state index contributed by atoms with van der Waals surface area (Å²) in [5, 5.41) is 9.43. The summed E-state index contributed by atoms with van der Waals surface area (Å²) in [6.07, 6.45) is 1.57. The van der Waals surface area contributed by atoms with Gasteiger partial charge in [-0.05, 0) is 23.8 Å². The van der Waals surface area contributed by atoms with Crippen molar-refractivity contribution in [2.24, 2.45) is 0 Å². The molecule has 0 saturated carbocycles. The van der Waals surface area contributed by atoms with Gasteiger partial charge < -0.3 is 9.64 Å². The molecule has 0 bridgehead atoms. The third-order valence-electron chi connectivity index (χ3n) is 4.50. The molecule has 1 aliphatic heterocycles. The maximum Gasteiger partial charge on any atom is 0.327 e. The Kier molecular flexibility index (Phi) is 5.71. The van der Waals surface area contributed by atoms with Crippen molar-refractivity contribution in [1.29, 1.82) is 5.26 Å². The molecule has 0 spiro atoms. The van der Waals surface area contributed by atoms with Gasteiger partial charge in [0.05, 0.1) is 12.7 Å². The first-order valence-corrected chi connectivity index (χ1v) is 8.69. The highest BCUT2D eigenvalue weighted by molar-refractivity contribution is 6.31. The molecule has 134 valence electrons. The van der Waals surface area contributed by atoms with E-state index in [1.165, 1.54) is 7.11 Å². The Morgan fingerprint density at radius 1 is 1.23 bits per heavy atom. The van der Waals surface area contributed by atoms with E-state index in [1.54, 1.807) is 18.3 Å². The number of nitrogens with zero attached hydrogens (tertiary/aromatic N) is 4. The predicted octanol–water partition coefficient (Wildman–Crippen LogP) is 2.64. The molecule has 26 heavy (non-hydrogen) atoms. The number of aromatic nitrogens is 1. The standard InChI is InChI=1S/C19H19ClN4O2/c1-26-19(25)18(15-4-2-3-5-16(15)20)24-10-8-23(9-11-24)17-7-6-14(12-21)13-22-17/h2-7,13,18H,8-11H2,1H3/t18-/m1/s1. The molecule has 2 heterocycles. The van der Waals surface area contributed by atoms with Crippen LogP contribution in [0.25, 0.3) is 0 Å². The lowest BCUT2D eigenvalue weighted by atomic mass is 10.0. The molecule has 0 unspecified atom stereocenters. The van der Waals surface area contributed by atoms with Crippen LogP contribution in [0, 0.1) is 11.3 Å². The zero-order valence-corrected chi connectivity index (χ0v) is 15.2. The summed E-state index contributed by atoms with van der Waals surface area (Å²) in [6.45, 7) is 2.78. The van der Waals surface area contributed by atoms with Crippen LogP contribution < -0.4 is 4.90 Å². The van der Waals surface area contributed by atoms with E-state index in [-0.39, 0.29) is 5.97 Å². The van der Waals surface area contributed by atoms with Crippen molar-refractivity contribution in [3.63, 3.8) is 0 Å². The Bertz CT molecular complexity index is 811. The monoisotopic (exact) mass is 370 g/mol. The average Bonchev–Trinajstić information content (AvgIpc) is 2.70. The first kappa shape index (κ1) is 18.2. The average molecular weight is 371 g/mol. The lowest BCUT2D eigenvalue weighted by molar-refractivity contribution is -0.147. The third kappa shape index (κ3) is 3.79. The molecule has 6 nitrogen and oxygen atoms in total. The van der Waals surface area contributed by atoms with Gasteiger partial charge in [0, 0.05) is 37.4 Å². The Morgan fingerprint density at radius 3 is 2.54 bits per heavy atom. The number of piperazine rings is 1. The molecule has 1 atom stereocenters. The van der Waals surface area contributed by atoms with Crippen LogP contribution >= 0.6 is 11.6 Å². The number of carbonyl (C=O) groups excluding carboxylic acids is 1. The van der Waals surface area contributed by atoms with Gasteiger partial charge in [0.1, 0.15) is 17.9 Å². The van der Waals surface area contributed by atoms with Crippen LogP contribution in [0.4, 0.5) is 5.82 Å². The molecule has 3 rings (SSSR count). The van der Waals surface area contributed by atoms with Gasteiger partial charge in [-0.2, -0.15) is 5.26 Å². The van der Waals surface area contributed by atoms with Gasteiger partial charge in [0.15, 0.2) is 0 Å². The SMILES string of the molecule is COC(=O)[C@@H](c1ccccc1Cl)N1CCN(c2ccc(C#N)cn2)CC1. The number of nitriles is 1. The molecule has 1 saturated heterocycles. The highest BCUT2D eigenvalue weighted by Gasteiger charge is 2.32. The summed E-state index contributed by atoms with van der Waals surface area (Å²) >= 11 is 6.31. The summed E-state index contributed by atoms with van der Waals surface area (Å²) < 4.78 is 5.02. The number of hydrogen-bond acceptors (Lipinski definition) is 6. The molecule has 2 aromatic rings. The molecular formula is C19H19ClN4O2. The molecule has 1 aromatic carbocycles. The Hall–Kier alpha value is -2.62. The summed E-state index contributed by atoms with van der Waals surface area (Å²) in [7, 11) is 1.39. The van der Waals surface area contributed by atoms with E-state index in [4.69, 9.17) is 21.6 Å². The van der Waals surface area contributed by atoms with Crippen LogP contribution in [0.3, 0.4) is 0 Å². The van der Waals surface area contributed by atoms with Gasteiger partial charge in [0.2, 0.25) is 0 Å². The zero-order chi connectivity index (χ0) is 18.5. The van der Waals surface area contributed by atoms with E-state index in [2.05, 4.69) is 20.9 Å². The minimum Gasteiger partial charge on any atom is -0.468 e. The van der Waals surface area contributed by atoms with E-state index in [0.29, 0.717) is 23.7 Å². The van der Waals surface area contributed by atoms with E-state index >= 15 is 0 Å². The normalized spacial score (nSPS) is 16.0. The van der Waals surface area contributed by atoms with Crippen LogP contribution in [-0.4, -0.2) is 49.1 Å². The first-order chi connectivity index (χ1) is 12.6. The van der Waals surface area contributed by atoms with Crippen LogP contribution in [0.1, 0.15) is 17.2 Å². The maximum atomic E-state index is 12.4. The smallest absolute Gasteiger partial charge is 0.327 e. The summed E-state index contributed by atoms with van der Waals surface area (Å²) in [4.78, 5) is 21.0. The van der Waals surface area contributed by atoms with Crippen molar-refractivity contribution in [2.75, 3.05) is 38.2 Å². The van der Waals surface area contributed by atoms with E-state index in [1.807, 2.05) is 24.3 Å². The van der Waals surface area contributed by atoms with Crippen molar-refractivity contribution in [3.05, 3.63) is 58.7 Å². The number of rotatable bonds is 4. The van der Waals surface area contributed by atoms with Crippen LogP contribution in [-0.2, 0) is 9.53 Å². The van der Waals surface area contributed by atoms with E-state index in [9.17, 15) is 4.79 Å².